The van der Waals surface area contributed by atoms with Gasteiger partial charge in [0.1, 0.15) is 11.4 Å². The molecule has 1 aromatic rings. The monoisotopic (exact) mass is 221 g/mol. The van der Waals surface area contributed by atoms with Crippen LogP contribution in [-0.4, -0.2) is 22.5 Å². The first-order chi connectivity index (χ1) is 7.62. The summed E-state index contributed by atoms with van der Waals surface area (Å²) in [4.78, 5) is 28.1. The van der Waals surface area contributed by atoms with Crippen LogP contribution in [0.2, 0.25) is 0 Å². The van der Waals surface area contributed by atoms with Crippen LogP contribution in [0.5, 0.6) is 0 Å². The van der Waals surface area contributed by atoms with Crippen molar-refractivity contribution in [2.45, 2.75) is 18.4 Å². The largest absolute Gasteiger partial charge is 0.329 e. The van der Waals surface area contributed by atoms with E-state index in [1.54, 1.807) is 0 Å². The third-order valence-electron chi connectivity index (χ3n) is 2.86. The molecule has 1 N–H and O–H groups in total. The van der Waals surface area contributed by atoms with Crippen molar-refractivity contribution in [3.8, 4) is 0 Å². The standard InChI is InChI=1S/C10H8FN3O2/c11-6-3-7(5-12-4-6)14-8(15)10(1-2-10)13-9(14)16/h3-5H,1-2H2,(H,13,16). The average Bonchev–Trinajstić information content (AvgIpc) is 2.94. The van der Waals surface area contributed by atoms with Gasteiger partial charge in [0, 0.05) is 6.07 Å². The molecular formula is C10H8FN3O2. The van der Waals surface area contributed by atoms with Crippen LogP contribution in [0.15, 0.2) is 18.5 Å². The normalized spacial score (nSPS) is 21.4. The van der Waals surface area contributed by atoms with Crippen molar-refractivity contribution in [2.24, 2.45) is 0 Å². The van der Waals surface area contributed by atoms with Gasteiger partial charge in [0.15, 0.2) is 0 Å². The van der Waals surface area contributed by atoms with Gasteiger partial charge < -0.3 is 5.32 Å². The molecule has 0 atom stereocenters. The van der Waals surface area contributed by atoms with Crippen molar-refractivity contribution in [1.29, 1.82) is 0 Å². The lowest BCUT2D eigenvalue weighted by Crippen LogP contribution is -2.32. The topological polar surface area (TPSA) is 62.3 Å². The summed E-state index contributed by atoms with van der Waals surface area (Å²) in [5.74, 6) is -0.889. The quantitative estimate of drug-likeness (QED) is 0.714. The minimum atomic E-state index is -0.719. The van der Waals surface area contributed by atoms with Gasteiger partial charge in [-0.05, 0) is 12.8 Å². The number of nitrogens with one attached hydrogen (secondary N) is 1. The molecule has 1 aliphatic heterocycles. The lowest BCUT2D eigenvalue weighted by molar-refractivity contribution is -0.119. The molecule has 0 aromatic carbocycles. The number of pyridine rings is 1. The molecule has 6 heteroatoms. The number of imide groups is 1. The van der Waals surface area contributed by atoms with Crippen molar-refractivity contribution < 1.29 is 14.0 Å². The van der Waals surface area contributed by atoms with Crippen LogP contribution in [0.3, 0.4) is 0 Å². The molecule has 1 spiro atoms. The molecule has 2 heterocycles. The molecule has 1 saturated heterocycles. The number of urea groups is 1. The first kappa shape index (κ1) is 9.26. The van der Waals surface area contributed by atoms with Gasteiger partial charge in [-0.15, -0.1) is 0 Å². The molecule has 1 aromatic heterocycles. The Kier molecular flexibility index (Phi) is 1.61. The Hall–Kier alpha value is -1.98. The lowest BCUT2D eigenvalue weighted by Gasteiger charge is -2.11. The summed E-state index contributed by atoms with van der Waals surface area (Å²) < 4.78 is 13.0. The third-order valence-corrected chi connectivity index (χ3v) is 2.86. The predicted octanol–water partition coefficient (Wildman–Crippen LogP) is 0.810. The van der Waals surface area contributed by atoms with Gasteiger partial charge in [-0.2, -0.15) is 0 Å². The van der Waals surface area contributed by atoms with Crippen LogP contribution in [0.4, 0.5) is 14.9 Å². The van der Waals surface area contributed by atoms with E-state index in [0.717, 1.165) is 17.2 Å². The molecule has 0 bridgehead atoms. The van der Waals surface area contributed by atoms with Gasteiger partial charge in [-0.25, -0.2) is 14.1 Å². The Morgan fingerprint density at radius 2 is 2.12 bits per heavy atom. The maximum Gasteiger partial charge on any atom is 0.329 e. The number of halogens is 1. The number of anilines is 1. The van der Waals surface area contributed by atoms with E-state index >= 15 is 0 Å². The molecular weight excluding hydrogens is 213 g/mol. The summed E-state index contributed by atoms with van der Waals surface area (Å²) in [7, 11) is 0. The Morgan fingerprint density at radius 1 is 1.38 bits per heavy atom. The lowest BCUT2D eigenvalue weighted by atomic mass is 10.2. The molecule has 2 fully saturated rings. The fourth-order valence-corrected chi connectivity index (χ4v) is 1.84. The zero-order valence-corrected chi connectivity index (χ0v) is 8.24. The highest BCUT2D eigenvalue weighted by molar-refractivity contribution is 6.24. The highest BCUT2D eigenvalue weighted by Crippen LogP contribution is 2.42. The van der Waals surface area contributed by atoms with Crippen LogP contribution in [0, 0.1) is 5.82 Å². The number of carbonyl (C=O) groups is 2. The van der Waals surface area contributed by atoms with Crippen molar-refractivity contribution in [3.63, 3.8) is 0 Å². The van der Waals surface area contributed by atoms with Gasteiger partial charge >= 0.3 is 6.03 Å². The van der Waals surface area contributed by atoms with E-state index in [4.69, 9.17) is 0 Å². The van der Waals surface area contributed by atoms with Crippen LogP contribution in [0.1, 0.15) is 12.8 Å². The zero-order valence-electron chi connectivity index (χ0n) is 8.24. The highest BCUT2D eigenvalue weighted by atomic mass is 19.1. The zero-order chi connectivity index (χ0) is 11.3. The molecule has 1 saturated carbocycles. The van der Waals surface area contributed by atoms with Gasteiger partial charge in [0.05, 0.1) is 18.1 Å². The Labute approximate surface area is 90.3 Å². The summed E-state index contributed by atoms with van der Waals surface area (Å²) in [6.45, 7) is 0. The van der Waals surface area contributed by atoms with E-state index in [1.165, 1.54) is 6.20 Å². The summed E-state index contributed by atoms with van der Waals surface area (Å²) in [6, 6.07) is 0.612. The average molecular weight is 221 g/mol. The molecule has 3 rings (SSSR count). The second-order valence-corrected chi connectivity index (χ2v) is 4.01. The van der Waals surface area contributed by atoms with Gasteiger partial charge in [-0.3, -0.25) is 9.78 Å². The predicted molar refractivity (Wildman–Crippen MR) is 52.2 cm³/mol. The van der Waals surface area contributed by atoms with E-state index in [1.807, 2.05) is 0 Å². The van der Waals surface area contributed by atoms with Gasteiger partial charge in [0.2, 0.25) is 0 Å². The van der Waals surface area contributed by atoms with Crippen molar-refractivity contribution in [2.75, 3.05) is 4.90 Å². The molecule has 3 amide bonds. The summed E-state index contributed by atoms with van der Waals surface area (Å²) >= 11 is 0. The third kappa shape index (κ3) is 1.13. The van der Waals surface area contributed by atoms with E-state index in [2.05, 4.69) is 10.3 Å². The van der Waals surface area contributed by atoms with Crippen LogP contribution in [0.25, 0.3) is 0 Å². The Balaban J connectivity index is 2.01. The molecule has 1 aliphatic carbocycles. The number of hydrogen-bond acceptors (Lipinski definition) is 3. The highest BCUT2D eigenvalue weighted by Gasteiger charge is 2.60. The SMILES string of the molecule is O=C1NC2(CC2)C(=O)N1c1cncc(F)c1. The summed E-state index contributed by atoms with van der Waals surface area (Å²) in [5.41, 5.74) is -0.546. The minimum Gasteiger partial charge on any atom is -0.323 e. The Morgan fingerprint density at radius 3 is 2.69 bits per heavy atom. The summed E-state index contributed by atoms with van der Waals surface area (Å²) in [6.07, 6.45) is 3.62. The fraction of sp³-hybridized carbons (Fsp3) is 0.300. The fourth-order valence-electron chi connectivity index (χ4n) is 1.84. The molecule has 82 valence electrons. The van der Waals surface area contributed by atoms with E-state index in [9.17, 15) is 14.0 Å². The maximum absolute atomic E-state index is 13.0. The number of nitrogens with zero attached hydrogens (tertiary/aromatic N) is 2. The molecule has 5 nitrogen and oxygen atoms in total. The maximum atomic E-state index is 13.0. The van der Waals surface area contributed by atoms with Gasteiger partial charge in [-0.1, -0.05) is 0 Å². The van der Waals surface area contributed by atoms with E-state index in [-0.39, 0.29) is 11.6 Å². The molecule has 16 heavy (non-hydrogen) atoms. The molecule has 0 radical (unpaired) electrons. The first-order valence-corrected chi connectivity index (χ1v) is 4.90. The van der Waals surface area contributed by atoms with Crippen molar-refractivity contribution in [1.82, 2.24) is 10.3 Å². The minimum absolute atomic E-state index is 0.172. The van der Waals surface area contributed by atoms with Crippen LogP contribution >= 0.6 is 0 Å². The van der Waals surface area contributed by atoms with E-state index < -0.39 is 17.4 Å². The second-order valence-electron chi connectivity index (χ2n) is 4.01. The van der Waals surface area contributed by atoms with Crippen LogP contribution < -0.4 is 10.2 Å². The Bertz CT molecular complexity index is 499. The number of hydrogen-bond donors (Lipinski definition) is 1. The second kappa shape index (κ2) is 2.78. The van der Waals surface area contributed by atoms with Crippen molar-refractivity contribution >= 4 is 17.6 Å². The number of aromatic nitrogens is 1. The van der Waals surface area contributed by atoms with Crippen LogP contribution in [-0.2, 0) is 4.79 Å². The van der Waals surface area contributed by atoms with E-state index in [0.29, 0.717) is 12.8 Å². The van der Waals surface area contributed by atoms with Crippen molar-refractivity contribution in [3.05, 3.63) is 24.3 Å². The summed E-state index contributed by atoms with van der Waals surface area (Å²) in [5, 5.41) is 2.61. The molecule has 2 aliphatic rings. The number of rotatable bonds is 1. The molecule has 0 unspecified atom stereocenters. The number of carbonyl (C=O) groups excluding carboxylic acids is 2. The number of amides is 3. The van der Waals surface area contributed by atoms with Gasteiger partial charge in [0.25, 0.3) is 5.91 Å². The smallest absolute Gasteiger partial charge is 0.323 e. The first-order valence-electron chi connectivity index (χ1n) is 4.90.